The number of ether oxygens (including phenoxy) is 1. The van der Waals surface area contributed by atoms with Crippen molar-refractivity contribution in [2.45, 2.75) is 45.4 Å². The lowest BCUT2D eigenvalue weighted by Gasteiger charge is -2.41. The molecule has 2 bridgehead atoms. The summed E-state index contributed by atoms with van der Waals surface area (Å²) in [6, 6.07) is 0. The van der Waals surface area contributed by atoms with Gasteiger partial charge in [-0.1, -0.05) is 12.2 Å². The number of carboxylic acids is 1. The minimum Gasteiger partial charge on any atom is -0.481 e. The summed E-state index contributed by atoms with van der Waals surface area (Å²) in [5, 5.41) is 13.2. The highest BCUT2D eigenvalue weighted by Crippen LogP contribution is 2.46. The van der Waals surface area contributed by atoms with Crippen molar-refractivity contribution in [3.8, 4) is 0 Å². The van der Waals surface area contributed by atoms with Crippen molar-refractivity contribution >= 4 is 34.2 Å². The van der Waals surface area contributed by atoms with E-state index in [0.29, 0.717) is 10.6 Å². The van der Waals surface area contributed by atoms with Gasteiger partial charge in [-0.15, -0.1) is 11.3 Å². The summed E-state index contributed by atoms with van der Waals surface area (Å²) in [6.45, 7) is 2.03. The molecular weight excluding hydrogens is 378 g/mol. The second kappa shape index (κ2) is 7.70. The largest absolute Gasteiger partial charge is 0.481 e. The first-order chi connectivity index (χ1) is 13.5. The smallest absolute Gasteiger partial charge is 0.341 e. The fourth-order valence-electron chi connectivity index (χ4n) is 4.96. The molecule has 150 valence electrons. The average molecular weight is 404 g/mol. The molecule has 5 rings (SSSR count). The molecule has 4 aliphatic rings. The minimum atomic E-state index is -0.921. The lowest BCUT2D eigenvalue weighted by Crippen LogP contribution is -2.47. The van der Waals surface area contributed by atoms with Crippen molar-refractivity contribution in [3.63, 3.8) is 0 Å². The highest BCUT2D eigenvalue weighted by Gasteiger charge is 2.48. The van der Waals surface area contributed by atoms with Crippen LogP contribution in [0.3, 0.4) is 0 Å². The molecule has 1 heterocycles. The van der Waals surface area contributed by atoms with E-state index in [1.54, 1.807) is 6.92 Å². The Kier molecular flexibility index (Phi) is 5.27. The lowest BCUT2D eigenvalue weighted by molar-refractivity contribution is -0.151. The number of carbonyl (C=O) groups is 3. The van der Waals surface area contributed by atoms with Crippen LogP contribution < -0.4 is 5.32 Å². The van der Waals surface area contributed by atoms with E-state index in [4.69, 9.17) is 4.74 Å². The Bertz CT molecular complexity index is 842. The van der Waals surface area contributed by atoms with Gasteiger partial charge in [0.25, 0.3) is 0 Å². The summed E-state index contributed by atoms with van der Waals surface area (Å²) in [5.41, 5.74) is 1.46. The van der Waals surface area contributed by atoms with Gasteiger partial charge in [0.2, 0.25) is 5.91 Å². The quantitative estimate of drug-likeness (QED) is 0.578. The zero-order valence-corrected chi connectivity index (χ0v) is 16.7. The molecular formula is C21H25NO5S. The highest BCUT2D eigenvalue weighted by molar-refractivity contribution is 7.17. The van der Waals surface area contributed by atoms with Crippen LogP contribution >= 0.6 is 11.3 Å². The first kappa shape index (κ1) is 19.2. The van der Waals surface area contributed by atoms with Gasteiger partial charge in [0.1, 0.15) is 5.00 Å². The van der Waals surface area contributed by atoms with E-state index < -0.39 is 23.8 Å². The number of hydrogen-bond acceptors (Lipinski definition) is 5. The Labute approximate surface area is 168 Å². The zero-order valence-electron chi connectivity index (χ0n) is 15.9. The molecule has 0 unspecified atom stereocenters. The number of rotatable bonds is 5. The maximum absolute atomic E-state index is 13.2. The molecule has 0 radical (unpaired) electrons. The number of hydrogen-bond donors (Lipinski definition) is 2. The molecule has 1 fully saturated rings. The van der Waals surface area contributed by atoms with Gasteiger partial charge in [-0.25, -0.2) is 4.79 Å². The van der Waals surface area contributed by atoms with Crippen molar-refractivity contribution in [2.24, 2.45) is 23.7 Å². The number of anilines is 1. The van der Waals surface area contributed by atoms with E-state index in [2.05, 4.69) is 5.32 Å². The number of amides is 1. The molecule has 1 aromatic heterocycles. The van der Waals surface area contributed by atoms with Crippen LogP contribution in [0.1, 0.15) is 53.4 Å². The van der Waals surface area contributed by atoms with Crippen LogP contribution in [0.4, 0.5) is 5.00 Å². The van der Waals surface area contributed by atoms with E-state index in [0.717, 1.165) is 49.0 Å². The predicted molar refractivity (Wildman–Crippen MR) is 106 cm³/mol. The monoisotopic (exact) mass is 403 g/mol. The van der Waals surface area contributed by atoms with E-state index in [1.807, 2.05) is 12.2 Å². The van der Waals surface area contributed by atoms with E-state index in [9.17, 15) is 19.5 Å². The third-order valence-corrected chi connectivity index (χ3v) is 7.43. The minimum absolute atomic E-state index is 0.0632. The third-order valence-electron chi connectivity index (χ3n) is 6.22. The number of aliphatic carboxylic acids is 1. The summed E-state index contributed by atoms with van der Waals surface area (Å²) in [6.07, 6.45) is 9.37. The number of thiophene rings is 1. The van der Waals surface area contributed by atoms with Crippen LogP contribution in [0.25, 0.3) is 0 Å². The molecule has 1 amide bonds. The van der Waals surface area contributed by atoms with Gasteiger partial charge >= 0.3 is 11.9 Å². The molecule has 7 heteroatoms. The number of nitrogens with one attached hydrogen (secondary N) is 1. The lowest BCUT2D eigenvalue weighted by atomic mass is 9.62. The Balaban J connectivity index is 1.64. The molecule has 0 saturated heterocycles. The van der Waals surface area contributed by atoms with Crippen LogP contribution in [0.2, 0.25) is 0 Å². The molecule has 0 aromatic carbocycles. The first-order valence-corrected chi connectivity index (χ1v) is 10.9. The topological polar surface area (TPSA) is 92.7 Å². The summed E-state index contributed by atoms with van der Waals surface area (Å²) in [5.74, 6) is -3.09. The normalized spacial score (nSPS) is 27.9. The summed E-state index contributed by atoms with van der Waals surface area (Å²) in [7, 11) is 0. The summed E-state index contributed by atoms with van der Waals surface area (Å²) in [4.78, 5) is 38.7. The summed E-state index contributed by atoms with van der Waals surface area (Å²) < 4.78 is 5.24. The van der Waals surface area contributed by atoms with Gasteiger partial charge in [0.15, 0.2) is 0 Å². The number of aryl methyl sites for hydroxylation is 1. The molecule has 28 heavy (non-hydrogen) atoms. The van der Waals surface area contributed by atoms with Crippen molar-refractivity contribution in [1.82, 2.24) is 0 Å². The molecule has 1 aromatic rings. The van der Waals surface area contributed by atoms with Crippen LogP contribution in [-0.4, -0.2) is 29.6 Å². The maximum atomic E-state index is 13.2. The van der Waals surface area contributed by atoms with E-state index in [1.165, 1.54) is 11.3 Å². The fraction of sp³-hybridized carbons (Fsp3) is 0.571. The van der Waals surface area contributed by atoms with Crippen molar-refractivity contribution < 1.29 is 24.2 Å². The predicted octanol–water partition coefficient (Wildman–Crippen LogP) is 3.66. The Morgan fingerprint density at radius 3 is 2.46 bits per heavy atom. The second-order valence-electron chi connectivity index (χ2n) is 7.80. The SMILES string of the molecule is CCOC(=O)c1c(NC(=O)[C@H]2[C@@H](C(=O)O)[C@H]3C=C[C@@H]2CC3)sc2c1CCCC2. The molecule has 2 N–H and O–H groups in total. The Morgan fingerprint density at radius 1 is 1.14 bits per heavy atom. The van der Waals surface area contributed by atoms with Crippen LogP contribution in [0.5, 0.6) is 0 Å². The van der Waals surface area contributed by atoms with Crippen molar-refractivity contribution in [2.75, 3.05) is 11.9 Å². The first-order valence-electron chi connectivity index (χ1n) is 10.0. The fourth-order valence-corrected chi connectivity index (χ4v) is 6.24. The van der Waals surface area contributed by atoms with Crippen molar-refractivity contribution in [1.29, 1.82) is 0 Å². The van der Waals surface area contributed by atoms with E-state index >= 15 is 0 Å². The zero-order chi connectivity index (χ0) is 19.8. The molecule has 0 spiro atoms. The number of allylic oxidation sites excluding steroid dienone is 2. The van der Waals surface area contributed by atoms with Crippen LogP contribution in [0, 0.1) is 23.7 Å². The number of carboxylic acid groups (broad SMARTS) is 1. The number of esters is 1. The van der Waals surface area contributed by atoms with Gasteiger partial charge in [-0.05, 0) is 62.8 Å². The standard InChI is InChI=1S/C21H25NO5S/c1-2-27-21(26)17-13-5-3-4-6-14(13)28-19(17)22-18(23)15-11-7-9-12(10-8-11)16(15)20(24)25/h7,9,11-12,15-16H,2-6,8,10H2,1H3,(H,22,23)(H,24,25)/t11-,12+,15-,16+/m1/s1. The van der Waals surface area contributed by atoms with E-state index in [-0.39, 0.29) is 24.3 Å². The number of carbonyl (C=O) groups excluding carboxylic acids is 2. The molecule has 0 aliphatic heterocycles. The van der Waals surface area contributed by atoms with Gasteiger partial charge < -0.3 is 15.2 Å². The maximum Gasteiger partial charge on any atom is 0.341 e. The molecule has 1 saturated carbocycles. The van der Waals surface area contributed by atoms with Crippen LogP contribution in [-0.2, 0) is 27.2 Å². The molecule has 4 aliphatic carbocycles. The second-order valence-corrected chi connectivity index (χ2v) is 8.91. The Hall–Kier alpha value is -2.15. The van der Waals surface area contributed by atoms with Gasteiger partial charge in [-0.3, -0.25) is 9.59 Å². The van der Waals surface area contributed by atoms with Crippen LogP contribution in [0.15, 0.2) is 12.2 Å². The third kappa shape index (κ3) is 3.26. The average Bonchev–Trinajstić information content (AvgIpc) is 3.06. The van der Waals surface area contributed by atoms with Gasteiger partial charge in [-0.2, -0.15) is 0 Å². The highest BCUT2D eigenvalue weighted by atomic mass is 32.1. The van der Waals surface area contributed by atoms with Gasteiger partial charge in [0, 0.05) is 4.88 Å². The molecule has 6 nitrogen and oxygen atoms in total. The summed E-state index contributed by atoms with van der Waals surface area (Å²) >= 11 is 1.44. The number of fused-ring (bicyclic) bond motifs is 3. The molecule has 4 atom stereocenters. The Morgan fingerprint density at radius 2 is 1.82 bits per heavy atom. The van der Waals surface area contributed by atoms with Crippen molar-refractivity contribution in [3.05, 3.63) is 28.2 Å². The van der Waals surface area contributed by atoms with Gasteiger partial charge in [0.05, 0.1) is 24.0 Å².